The molecule has 0 saturated carbocycles. The standard InChI is InChI=1S/C22H17N7S/c1-12-6-7-19(30-12)14-4-3-5-16-20(14)26-22(25-16)21-15-8-17(13-9-24-29(2)11-13)23-10-18(15)27-28-21/h3-11H,1-2H3,(H,25,26)(H,27,28). The summed E-state index contributed by atoms with van der Waals surface area (Å²) in [6.07, 6.45) is 5.56. The van der Waals surface area contributed by atoms with Gasteiger partial charge in [0, 0.05) is 39.5 Å². The van der Waals surface area contributed by atoms with E-state index in [2.05, 4.69) is 56.5 Å². The third-order valence-corrected chi connectivity index (χ3v) is 6.22. The van der Waals surface area contributed by atoms with E-state index in [1.54, 1.807) is 22.2 Å². The van der Waals surface area contributed by atoms with Crippen molar-refractivity contribution in [3.05, 3.63) is 59.9 Å². The van der Waals surface area contributed by atoms with Crippen LogP contribution < -0.4 is 0 Å². The largest absolute Gasteiger partial charge is 0.337 e. The van der Waals surface area contributed by atoms with E-state index >= 15 is 0 Å². The molecular formula is C22H17N7S. The molecule has 5 heterocycles. The van der Waals surface area contributed by atoms with E-state index in [1.807, 2.05) is 31.6 Å². The molecule has 0 fully saturated rings. The first-order chi connectivity index (χ1) is 14.7. The number of pyridine rings is 1. The number of nitrogens with one attached hydrogen (secondary N) is 2. The lowest BCUT2D eigenvalue weighted by atomic mass is 10.1. The van der Waals surface area contributed by atoms with Crippen LogP contribution in [0.5, 0.6) is 0 Å². The van der Waals surface area contributed by atoms with Crippen molar-refractivity contribution >= 4 is 33.3 Å². The van der Waals surface area contributed by atoms with Crippen molar-refractivity contribution < 1.29 is 0 Å². The summed E-state index contributed by atoms with van der Waals surface area (Å²) < 4.78 is 1.77. The van der Waals surface area contributed by atoms with Crippen molar-refractivity contribution in [2.75, 3.05) is 0 Å². The first-order valence-corrected chi connectivity index (χ1v) is 10.4. The van der Waals surface area contributed by atoms with Crippen LogP contribution in [0.3, 0.4) is 0 Å². The predicted molar refractivity (Wildman–Crippen MR) is 119 cm³/mol. The molecule has 0 atom stereocenters. The molecule has 0 spiro atoms. The number of aryl methyl sites for hydroxylation is 2. The molecule has 0 saturated heterocycles. The maximum Gasteiger partial charge on any atom is 0.159 e. The lowest BCUT2D eigenvalue weighted by Crippen LogP contribution is -1.85. The second kappa shape index (κ2) is 6.36. The molecule has 5 aromatic heterocycles. The van der Waals surface area contributed by atoms with E-state index in [0.29, 0.717) is 0 Å². The Morgan fingerprint density at radius 2 is 2.00 bits per heavy atom. The number of aromatic amines is 2. The first kappa shape index (κ1) is 17.1. The van der Waals surface area contributed by atoms with Crippen LogP contribution in [0, 0.1) is 6.92 Å². The Balaban J connectivity index is 1.52. The number of para-hydroxylation sites is 1. The van der Waals surface area contributed by atoms with Gasteiger partial charge in [-0.15, -0.1) is 11.3 Å². The van der Waals surface area contributed by atoms with Gasteiger partial charge in [-0.2, -0.15) is 10.2 Å². The highest BCUT2D eigenvalue weighted by Crippen LogP contribution is 2.35. The zero-order valence-electron chi connectivity index (χ0n) is 16.3. The van der Waals surface area contributed by atoms with Gasteiger partial charge in [0.15, 0.2) is 5.82 Å². The second-order valence-electron chi connectivity index (χ2n) is 7.29. The predicted octanol–water partition coefficient (Wildman–Crippen LogP) is 4.94. The molecule has 0 aliphatic carbocycles. The number of H-pyrrole nitrogens is 2. The molecule has 0 aliphatic heterocycles. The Morgan fingerprint density at radius 1 is 1.07 bits per heavy atom. The summed E-state index contributed by atoms with van der Waals surface area (Å²) in [4.78, 5) is 15.4. The summed E-state index contributed by atoms with van der Waals surface area (Å²) in [5.74, 6) is 0.736. The van der Waals surface area contributed by atoms with Gasteiger partial charge in [0.25, 0.3) is 0 Å². The van der Waals surface area contributed by atoms with Gasteiger partial charge in [-0.1, -0.05) is 12.1 Å². The van der Waals surface area contributed by atoms with Crippen molar-refractivity contribution in [1.82, 2.24) is 34.9 Å². The Morgan fingerprint density at radius 3 is 2.80 bits per heavy atom. The molecule has 0 bridgehead atoms. The summed E-state index contributed by atoms with van der Waals surface area (Å²) in [7, 11) is 1.90. The molecule has 0 unspecified atom stereocenters. The van der Waals surface area contributed by atoms with E-state index in [9.17, 15) is 0 Å². The highest BCUT2D eigenvalue weighted by atomic mass is 32.1. The highest BCUT2D eigenvalue weighted by Gasteiger charge is 2.16. The van der Waals surface area contributed by atoms with Gasteiger partial charge in [-0.25, -0.2) is 4.98 Å². The molecule has 30 heavy (non-hydrogen) atoms. The molecular weight excluding hydrogens is 394 g/mol. The lowest BCUT2D eigenvalue weighted by molar-refractivity contribution is 0.768. The van der Waals surface area contributed by atoms with Crippen LogP contribution in [0.25, 0.3) is 55.2 Å². The number of hydrogen-bond acceptors (Lipinski definition) is 5. The minimum absolute atomic E-state index is 0.736. The quantitative estimate of drug-likeness (QED) is 0.432. The van der Waals surface area contributed by atoms with E-state index in [0.717, 1.165) is 50.3 Å². The fourth-order valence-electron chi connectivity index (χ4n) is 3.73. The Hall–Kier alpha value is -3.78. The maximum atomic E-state index is 4.93. The molecule has 146 valence electrons. The van der Waals surface area contributed by atoms with E-state index in [1.165, 1.54) is 9.75 Å². The topological polar surface area (TPSA) is 88.1 Å². The number of imidazole rings is 1. The molecule has 1 aromatic carbocycles. The lowest BCUT2D eigenvalue weighted by Gasteiger charge is -1.98. The summed E-state index contributed by atoms with van der Waals surface area (Å²) in [5.41, 5.74) is 6.54. The fraction of sp³-hybridized carbons (Fsp3) is 0.0909. The van der Waals surface area contributed by atoms with E-state index in [-0.39, 0.29) is 0 Å². The Bertz CT molecular complexity index is 1530. The van der Waals surface area contributed by atoms with Gasteiger partial charge in [0.2, 0.25) is 0 Å². The van der Waals surface area contributed by atoms with Crippen molar-refractivity contribution in [1.29, 1.82) is 0 Å². The molecule has 0 radical (unpaired) electrons. The summed E-state index contributed by atoms with van der Waals surface area (Å²) >= 11 is 1.77. The minimum atomic E-state index is 0.736. The zero-order chi connectivity index (χ0) is 20.2. The van der Waals surface area contributed by atoms with Gasteiger partial charge in [-0.3, -0.25) is 14.8 Å². The minimum Gasteiger partial charge on any atom is -0.337 e. The summed E-state index contributed by atoms with van der Waals surface area (Å²) in [6, 6.07) is 12.5. The number of nitrogens with zero attached hydrogens (tertiary/aromatic N) is 5. The van der Waals surface area contributed by atoms with Gasteiger partial charge in [0.05, 0.1) is 34.6 Å². The average molecular weight is 411 g/mol. The number of fused-ring (bicyclic) bond motifs is 2. The van der Waals surface area contributed by atoms with Gasteiger partial charge < -0.3 is 4.98 Å². The average Bonchev–Trinajstić information content (AvgIpc) is 3.52. The van der Waals surface area contributed by atoms with Crippen molar-refractivity contribution in [2.45, 2.75) is 6.92 Å². The van der Waals surface area contributed by atoms with Crippen LogP contribution >= 0.6 is 11.3 Å². The number of aromatic nitrogens is 7. The van der Waals surface area contributed by atoms with E-state index < -0.39 is 0 Å². The van der Waals surface area contributed by atoms with Crippen molar-refractivity contribution in [3.8, 4) is 33.2 Å². The van der Waals surface area contributed by atoms with Gasteiger partial charge >= 0.3 is 0 Å². The highest BCUT2D eigenvalue weighted by molar-refractivity contribution is 7.15. The molecule has 8 heteroatoms. The number of benzene rings is 1. The number of thiophene rings is 1. The third-order valence-electron chi connectivity index (χ3n) is 5.19. The van der Waals surface area contributed by atoms with Crippen molar-refractivity contribution in [2.24, 2.45) is 7.05 Å². The number of rotatable bonds is 3. The summed E-state index contributed by atoms with van der Waals surface area (Å²) in [6.45, 7) is 2.12. The smallest absolute Gasteiger partial charge is 0.159 e. The van der Waals surface area contributed by atoms with Crippen LogP contribution in [-0.4, -0.2) is 34.9 Å². The Labute approximate surface area is 175 Å². The zero-order valence-corrected chi connectivity index (χ0v) is 17.2. The summed E-state index contributed by atoms with van der Waals surface area (Å²) in [5, 5.41) is 12.8. The Kier molecular flexibility index (Phi) is 3.63. The van der Waals surface area contributed by atoms with Gasteiger partial charge in [0.1, 0.15) is 5.69 Å². The van der Waals surface area contributed by atoms with Crippen LogP contribution in [0.4, 0.5) is 0 Å². The van der Waals surface area contributed by atoms with Crippen LogP contribution in [0.1, 0.15) is 4.88 Å². The van der Waals surface area contributed by atoms with Gasteiger partial charge in [-0.05, 0) is 31.2 Å². The molecule has 6 rings (SSSR count). The maximum absolute atomic E-state index is 4.93. The van der Waals surface area contributed by atoms with E-state index in [4.69, 9.17) is 4.98 Å². The molecule has 0 aliphatic rings. The molecule has 6 aromatic rings. The van der Waals surface area contributed by atoms with Crippen molar-refractivity contribution in [3.63, 3.8) is 0 Å². The second-order valence-corrected chi connectivity index (χ2v) is 8.58. The van der Waals surface area contributed by atoms with Crippen LogP contribution in [0.2, 0.25) is 0 Å². The number of hydrogen-bond donors (Lipinski definition) is 2. The monoisotopic (exact) mass is 411 g/mol. The third kappa shape index (κ3) is 2.65. The molecule has 7 nitrogen and oxygen atoms in total. The molecule has 2 N–H and O–H groups in total. The van der Waals surface area contributed by atoms with Crippen LogP contribution in [-0.2, 0) is 7.05 Å². The normalized spacial score (nSPS) is 11.7. The van der Waals surface area contributed by atoms with Crippen LogP contribution in [0.15, 0.2) is 55.0 Å². The first-order valence-electron chi connectivity index (χ1n) is 9.55. The molecule has 0 amide bonds. The fourth-order valence-corrected chi connectivity index (χ4v) is 4.62. The SMILES string of the molecule is Cc1ccc(-c2cccc3[nH]c(-c4n[nH]c5cnc(-c6cnn(C)c6)cc45)nc23)s1.